The van der Waals surface area contributed by atoms with Crippen LogP contribution in [0.15, 0.2) is 54.9 Å². The molecule has 0 unspecified atom stereocenters. The second kappa shape index (κ2) is 6.98. The van der Waals surface area contributed by atoms with Gasteiger partial charge < -0.3 is 10.4 Å². The van der Waals surface area contributed by atoms with Gasteiger partial charge in [-0.25, -0.2) is 4.98 Å². The highest BCUT2D eigenvalue weighted by Crippen LogP contribution is 2.24. The van der Waals surface area contributed by atoms with Crippen LogP contribution in [0.25, 0.3) is 22.2 Å². The summed E-state index contributed by atoms with van der Waals surface area (Å²) in [6.07, 6.45) is 3.96. The summed E-state index contributed by atoms with van der Waals surface area (Å²) < 4.78 is 0. The molecule has 0 saturated heterocycles. The normalized spacial score (nSPS) is 10.7. The van der Waals surface area contributed by atoms with Crippen LogP contribution in [-0.2, 0) is 0 Å². The Labute approximate surface area is 134 Å². The Morgan fingerprint density at radius 3 is 2.83 bits per heavy atom. The second-order valence-corrected chi connectivity index (χ2v) is 5.15. The predicted octanol–water partition coefficient (Wildman–Crippen LogP) is 2.41. The summed E-state index contributed by atoms with van der Waals surface area (Å²) in [5.41, 5.74) is 2.92. The highest BCUT2D eigenvalue weighted by Gasteiger charge is 2.13. The molecular weight excluding hydrogens is 290 g/mol. The van der Waals surface area contributed by atoms with Crippen molar-refractivity contribution in [3.8, 4) is 11.3 Å². The molecule has 0 bridgehead atoms. The maximum atomic E-state index is 12.5. The zero-order chi connectivity index (χ0) is 16.1. The summed E-state index contributed by atoms with van der Waals surface area (Å²) in [4.78, 5) is 21.2. The van der Waals surface area contributed by atoms with Gasteiger partial charge in [0.15, 0.2) is 0 Å². The summed E-state index contributed by atoms with van der Waals surface area (Å²) in [5, 5.41) is 12.5. The molecule has 0 fully saturated rings. The number of carbonyl (C=O) groups excluding carboxylic acids is 1. The first kappa shape index (κ1) is 15.1. The van der Waals surface area contributed by atoms with E-state index in [1.54, 1.807) is 18.5 Å². The van der Waals surface area contributed by atoms with Crippen molar-refractivity contribution in [2.75, 3.05) is 13.2 Å². The van der Waals surface area contributed by atoms with Gasteiger partial charge in [-0.05, 0) is 30.7 Å². The third-order valence-corrected chi connectivity index (χ3v) is 3.54. The number of carbonyl (C=O) groups is 1. The molecule has 0 aliphatic rings. The zero-order valence-electron chi connectivity index (χ0n) is 12.6. The quantitative estimate of drug-likeness (QED) is 0.710. The van der Waals surface area contributed by atoms with Gasteiger partial charge in [0.1, 0.15) is 0 Å². The van der Waals surface area contributed by atoms with Crippen molar-refractivity contribution >= 4 is 16.8 Å². The van der Waals surface area contributed by atoms with E-state index in [1.807, 2.05) is 36.4 Å². The van der Waals surface area contributed by atoms with Crippen molar-refractivity contribution < 1.29 is 9.90 Å². The van der Waals surface area contributed by atoms with Crippen LogP contribution in [0.1, 0.15) is 16.8 Å². The maximum absolute atomic E-state index is 12.5. The van der Waals surface area contributed by atoms with E-state index in [-0.39, 0.29) is 12.5 Å². The lowest BCUT2D eigenvalue weighted by Crippen LogP contribution is -2.25. The minimum Gasteiger partial charge on any atom is -0.396 e. The zero-order valence-corrected chi connectivity index (χ0v) is 12.6. The number of aliphatic hydroxyl groups excluding tert-OH is 1. The molecule has 2 aromatic heterocycles. The molecule has 0 saturated carbocycles. The number of rotatable bonds is 5. The van der Waals surface area contributed by atoms with Crippen LogP contribution in [0.3, 0.4) is 0 Å². The molecule has 3 rings (SSSR count). The molecule has 3 aromatic rings. The first-order valence-corrected chi connectivity index (χ1v) is 7.49. The smallest absolute Gasteiger partial charge is 0.252 e. The van der Waals surface area contributed by atoms with Crippen LogP contribution in [0.2, 0.25) is 0 Å². The molecule has 116 valence electrons. The lowest BCUT2D eigenvalue weighted by molar-refractivity contribution is 0.0953. The summed E-state index contributed by atoms with van der Waals surface area (Å²) in [6, 6.07) is 13.1. The minimum atomic E-state index is -0.165. The molecule has 0 aliphatic carbocycles. The first-order valence-electron chi connectivity index (χ1n) is 7.49. The molecule has 0 radical (unpaired) electrons. The lowest BCUT2D eigenvalue weighted by Gasteiger charge is -2.10. The highest BCUT2D eigenvalue weighted by atomic mass is 16.3. The Hall–Kier alpha value is -2.79. The van der Waals surface area contributed by atoms with Crippen molar-refractivity contribution in [3.63, 3.8) is 0 Å². The van der Waals surface area contributed by atoms with Crippen LogP contribution in [0, 0.1) is 0 Å². The molecular formula is C18H17N3O2. The largest absolute Gasteiger partial charge is 0.396 e. The molecule has 0 atom stereocenters. The summed E-state index contributed by atoms with van der Waals surface area (Å²) in [6.45, 7) is 0.493. The van der Waals surface area contributed by atoms with Crippen LogP contribution in [-0.4, -0.2) is 34.1 Å². The van der Waals surface area contributed by atoms with Crippen molar-refractivity contribution in [3.05, 3.63) is 60.4 Å². The van der Waals surface area contributed by atoms with Gasteiger partial charge in [0.2, 0.25) is 0 Å². The van der Waals surface area contributed by atoms with Gasteiger partial charge >= 0.3 is 0 Å². The van der Waals surface area contributed by atoms with Gasteiger partial charge in [0, 0.05) is 36.5 Å². The summed E-state index contributed by atoms with van der Waals surface area (Å²) in [5.74, 6) is -0.165. The Kier molecular flexibility index (Phi) is 4.59. The van der Waals surface area contributed by atoms with Gasteiger partial charge in [-0.3, -0.25) is 9.78 Å². The van der Waals surface area contributed by atoms with Crippen LogP contribution < -0.4 is 5.32 Å². The molecule has 5 heteroatoms. The Morgan fingerprint density at radius 2 is 2.04 bits per heavy atom. The molecule has 1 amide bonds. The number of aromatic nitrogens is 2. The number of fused-ring (bicyclic) bond motifs is 1. The van der Waals surface area contributed by atoms with Crippen LogP contribution in [0.4, 0.5) is 0 Å². The molecule has 1 aromatic carbocycles. The van der Waals surface area contributed by atoms with E-state index in [9.17, 15) is 4.79 Å². The second-order valence-electron chi connectivity index (χ2n) is 5.15. The van der Waals surface area contributed by atoms with Gasteiger partial charge in [-0.2, -0.15) is 0 Å². The van der Waals surface area contributed by atoms with Gasteiger partial charge in [-0.15, -0.1) is 0 Å². The fraction of sp³-hybridized carbons (Fsp3) is 0.167. The SMILES string of the molecule is O=C(NCCCO)c1cc(-c2cccnc2)nc2ccccc12. The van der Waals surface area contributed by atoms with E-state index in [4.69, 9.17) is 5.11 Å². The van der Waals surface area contributed by atoms with E-state index in [2.05, 4.69) is 15.3 Å². The number of amides is 1. The Balaban J connectivity index is 2.06. The number of hydrogen-bond acceptors (Lipinski definition) is 4. The van der Waals surface area contributed by atoms with E-state index < -0.39 is 0 Å². The molecule has 0 spiro atoms. The maximum Gasteiger partial charge on any atom is 0.252 e. The number of pyridine rings is 2. The lowest BCUT2D eigenvalue weighted by atomic mass is 10.0. The van der Waals surface area contributed by atoms with Crippen molar-refractivity contribution in [1.29, 1.82) is 0 Å². The first-order chi connectivity index (χ1) is 11.3. The molecule has 2 N–H and O–H groups in total. The van der Waals surface area contributed by atoms with Gasteiger partial charge in [-0.1, -0.05) is 18.2 Å². The topological polar surface area (TPSA) is 75.1 Å². The van der Waals surface area contributed by atoms with Gasteiger partial charge in [0.05, 0.1) is 16.8 Å². The fourth-order valence-corrected chi connectivity index (χ4v) is 2.40. The summed E-state index contributed by atoms with van der Waals surface area (Å²) >= 11 is 0. The van der Waals surface area contributed by atoms with E-state index in [0.717, 1.165) is 16.5 Å². The highest BCUT2D eigenvalue weighted by molar-refractivity contribution is 6.07. The molecule has 2 heterocycles. The molecule has 0 aliphatic heterocycles. The predicted molar refractivity (Wildman–Crippen MR) is 89.0 cm³/mol. The van der Waals surface area contributed by atoms with Crippen LogP contribution in [0.5, 0.6) is 0 Å². The monoisotopic (exact) mass is 307 g/mol. The van der Waals surface area contributed by atoms with Crippen molar-refractivity contribution in [2.24, 2.45) is 0 Å². The average Bonchev–Trinajstić information content (AvgIpc) is 2.61. The number of para-hydroxylation sites is 1. The van der Waals surface area contributed by atoms with Crippen molar-refractivity contribution in [1.82, 2.24) is 15.3 Å². The number of nitrogens with zero attached hydrogens (tertiary/aromatic N) is 2. The average molecular weight is 307 g/mol. The number of hydrogen-bond donors (Lipinski definition) is 2. The van der Waals surface area contributed by atoms with Crippen LogP contribution >= 0.6 is 0 Å². The minimum absolute atomic E-state index is 0.0539. The third-order valence-electron chi connectivity index (χ3n) is 3.54. The fourth-order valence-electron chi connectivity index (χ4n) is 2.40. The standard InChI is InChI=1S/C18H17N3O2/c22-10-4-9-20-18(23)15-11-17(13-5-3-8-19-12-13)21-16-7-2-1-6-14(15)16/h1-3,5-8,11-12,22H,4,9-10H2,(H,20,23). The number of benzene rings is 1. The Bertz CT molecular complexity index is 819. The summed E-state index contributed by atoms with van der Waals surface area (Å²) in [7, 11) is 0. The molecule has 23 heavy (non-hydrogen) atoms. The van der Waals surface area contributed by atoms with Gasteiger partial charge in [0.25, 0.3) is 5.91 Å². The Morgan fingerprint density at radius 1 is 1.17 bits per heavy atom. The number of aliphatic hydroxyl groups is 1. The van der Waals surface area contributed by atoms with E-state index in [0.29, 0.717) is 24.2 Å². The third kappa shape index (κ3) is 3.35. The van der Waals surface area contributed by atoms with Crippen molar-refractivity contribution in [2.45, 2.75) is 6.42 Å². The van der Waals surface area contributed by atoms with E-state index >= 15 is 0 Å². The van der Waals surface area contributed by atoms with E-state index in [1.165, 1.54) is 0 Å². The molecule has 5 nitrogen and oxygen atoms in total. The number of nitrogens with one attached hydrogen (secondary N) is 1.